The number of ether oxygens (including phenoxy) is 2. The summed E-state index contributed by atoms with van der Waals surface area (Å²) in [5.74, 6) is -1.28. The Kier molecular flexibility index (Phi) is 25.7. The number of phosphoric acid groups is 1. The lowest BCUT2D eigenvalue weighted by Crippen LogP contribution is -2.64. The number of hydrogen-bond donors (Lipinski definition) is 6. The molecule has 0 aromatic heterocycles. The Hall–Kier alpha value is -1.15. The number of phosphoric ester groups is 1. The normalized spacial score (nSPS) is 24.3. The number of unbranched alkanes of at least 4 members (excludes halogenated alkanes) is 20. The summed E-state index contributed by atoms with van der Waals surface area (Å²) in [6.45, 7) is 2.16. The van der Waals surface area contributed by atoms with Crippen LogP contribution in [0.15, 0.2) is 0 Å². The highest BCUT2D eigenvalue weighted by atomic mass is 31.2. The molecule has 14 heteroatoms. The second kappa shape index (κ2) is 27.5. The van der Waals surface area contributed by atoms with Crippen molar-refractivity contribution in [3.63, 3.8) is 0 Å². The minimum absolute atomic E-state index is 0.169. The largest absolute Gasteiger partial charge is 0.472 e. The van der Waals surface area contributed by atoms with Crippen LogP contribution in [0.3, 0.4) is 0 Å². The van der Waals surface area contributed by atoms with Gasteiger partial charge in [0.1, 0.15) is 43.2 Å². The lowest BCUT2D eigenvalue weighted by Gasteiger charge is -2.41. The van der Waals surface area contributed by atoms with E-state index in [1.807, 2.05) is 0 Å². The number of aliphatic hydroxyl groups is 5. The van der Waals surface area contributed by atoms with E-state index in [0.29, 0.717) is 6.42 Å². The third-order valence-corrected chi connectivity index (χ3v) is 9.98. The van der Waals surface area contributed by atoms with E-state index in [0.717, 1.165) is 26.2 Å². The number of hydrogen-bond acceptors (Lipinski definition) is 12. The molecular formula is C35H67O13P. The van der Waals surface area contributed by atoms with Crippen LogP contribution in [0.2, 0.25) is 0 Å². The Morgan fingerprint density at radius 1 is 0.592 bits per heavy atom. The van der Waals surface area contributed by atoms with Crippen LogP contribution in [0.4, 0.5) is 0 Å². The minimum atomic E-state index is -5.06. The van der Waals surface area contributed by atoms with Crippen molar-refractivity contribution in [2.75, 3.05) is 13.2 Å². The maximum Gasteiger partial charge on any atom is 0.472 e. The molecule has 290 valence electrons. The molecular weight excluding hydrogens is 659 g/mol. The monoisotopic (exact) mass is 726 g/mol. The quantitative estimate of drug-likeness (QED) is 0.0312. The van der Waals surface area contributed by atoms with E-state index in [4.69, 9.17) is 18.5 Å². The van der Waals surface area contributed by atoms with E-state index in [1.165, 1.54) is 109 Å². The molecule has 1 rings (SSSR count). The van der Waals surface area contributed by atoms with Gasteiger partial charge in [-0.05, 0) is 6.42 Å². The highest BCUT2D eigenvalue weighted by Gasteiger charge is 2.51. The van der Waals surface area contributed by atoms with Crippen LogP contribution in [0.25, 0.3) is 0 Å². The molecule has 0 aromatic carbocycles. The van der Waals surface area contributed by atoms with Gasteiger partial charge < -0.3 is 39.9 Å². The van der Waals surface area contributed by atoms with Crippen LogP contribution in [-0.4, -0.2) is 98.3 Å². The Morgan fingerprint density at radius 2 is 0.959 bits per heavy atom. The highest BCUT2D eigenvalue weighted by Crippen LogP contribution is 2.47. The van der Waals surface area contributed by atoms with E-state index >= 15 is 0 Å². The van der Waals surface area contributed by atoms with Gasteiger partial charge in [-0.1, -0.05) is 135 Å². The van der Waals surface area contributed by atoms with Crippen molar-refractivity contribution in [2.45, 2.75) is 198 Å². The van der Waals surface area contributed by atoms with E-state index < -0.39 is 75.7 Å². The molecule has 0 aliphatic heterocycles. The number of aliphatic hydroxyl groups excluding tert-OH is 5. The third kappa shape index (κ3) is 21.7. The third-order valence-electron chi connectivity index (χ3n) is 9.00. The molecule has 8 atom stereocenters. The molecule has 6 N–H and O–H groups in total. The van der Waals surface area contributed by atoms with Gasteiger partial charge in [0.2, 0.25) is 0 Å². The molecule has 1 fully saturated rings. The molecule has 0 heterocycles. The van der Waals surface area contributed by atoms with Gasteiger partial charge in [-0.3, -0.25) is 18.6 Å². The topological polar surface area (TPSA) is 210 Å². The molecule has 6 unspecified atom stereocenters. The van der Waals surface area contributed by atoms with Crippen LogP contribution in [0, 0.1) is 0 Å². The maximum atomic E-state index is 12.4. The summed E-state index contributed by atoms with van der Waals surface area (Å²) in [6, 6.07) is 0. The van der Waals surface area contributed by atoms with E-state index in [2.05, 4.69) is 6.92 Å². The average Bonchev–Trinajstić information content (AvgIpc) is 3.06. The molecule has 1 aliphatic carbocycles. The molecule has 49 heavy (non-hydrogen) atoms. The van der Waals surface area contributed by atoms with Crippen molar-refractivity contribution < 1.29 is 63.1 Å². The second-order valence-corrected chi connectivity index (χ2v) is 14.9. The Balaban J connectivity index is 2.09. The molecule has 0 saturated heterocycles. The molecule has 0 radical (unpaired) electrons. The summed E-state index contributed by atoms with van der Waals surface area (Å²) < 4.78 is 32.1. The van der Waals surface area contributed by atoms with Crippen LogP contribution in [0.1, 0.15) is 155 Å². The Labute approximate surface area is 293 Å². The zero-order valence-electron chi connectivity index (χ0n) is 30.0. The molecule has 1 saturated carbocycles. The van der Waals surface area contributed by atoms with Crippen molar-refractivity contribution in [1.29, 1.82) is 0 Å². The predicted molar refractivity (Wildman–Crippen MR) is 184 cm³/mol. The summed E-state index contributed by atoms with van der Waals surface area (Å²) in [5, 5.41) is 49.2. The first-order valence-electron chi connectivity index (χ1n) is 18.8. The fourth-order valence-corrected chi connectivity index (χ4v) is 6.97. The highest BCUT2D eigenvalue weighted by molar-refractivity contribution is 7.47. The number of rotatable bonds is 30. The summed E-state index contributed by atoms with van der Waals surface area (Å²) in [5.41, 5.74) is 0. The fraction of sp³-hybridized carbons (Fsp3) is 0.943. The Morgan fingerprint density at radius 3 is 1.35 bits per heavy atom. The zero-order chi connectivity index (χ0) is 36.5. The molecule has 13 nitrogen and oxygen atoms in total. The molecule has 0 spiro atoms. The van der Waals surface area contributed by atoms with Crippen molar-refractivity contribution in [2.24, 2.45) is 0 Å². The summed E-state index contributed by atoms with van der Waals surface area (Å²) in [4.78, 5) is 33.7. The van der Waals surface area contributed by atoms with Gasteiger partial charge in [-0.2, -0.15) is 0 Å². The molecule has 0 amide bonds. The first-order valence-corrected chi connectivity index (χ1v) is 20.3. The summed E-state index contributed by atoms with van der Waals surface area (Å²) in [7, 11) is -5.06. The average molecular weight is 727 g/mol. The smallest absolute Gasteiger partial charge is 0.462 e. The zero-order valence-corrected chi connectivity index (χ0v) is 30.9. The van der Waals surface area contributed by atoms with Crippen molar-refractivity contribution in [3.8, 4) is 0 Å². The lowest BCUT2D eigenvalue weighted by molar-refractivity contribution is -0.220. The first kappa shape index (κ1) is 45.9. The van der Waals surface area contributed by atoms with Gasteiger partial charge in [0.05, 0.1) is 6.61 Å². The summed E-state index contributed by atoms with van der Waals surface area (Å²) in [6.07, 6.45) is 13.6. The van der Waals surface area contributed by atoms with Crippen molar-refractivity contribution >= 4 is 19.8 Å². The SMILES string of the molecule is CCCCCCCCCCCCCCCCCCCCCCCC(=O)OC[C@H](COP(=O)(O)OC1C(O)C(O)C(O)[C@@H](O)C1O)OC(C)=O. The van der Waals surface area contributed by atoms with Gasteiger partial charge in [-0.25, -0.2) is 4.57 Å². The number of esters is 2. The minimum Gasteiger partial charge on any atom is -0.462 e. The summed E-state index contributed by atoms with van der Waals surface area (Å²) >= 11 is 0. The fourth-order valence-electron chi connectivity index (χ4n) is 5.99. The van der Waals surface area contributed by atoms with E-state index in [-0.39, 0.29) is 6.42 Å². The van der Waals surface area contributed by atoms with Gasteiger partial charge in [0.25, 0.3) is 0 Å². The van der Waals surface area contributed by atoms with Crippen LogP contribution >= 0.6 is 7.82 Å². The Bertz CT molecular complexity index is 891. The van der Waals surface area contributed by atoms with Crippen molar-refractivity contribution in [3.05, 3.63) is 0 Å². The van der Waals surface area contributed by atoms with Gasteiger partial charge in [0, 0.05) is 13.3 Å². The lowest BCUT2D eigenvalue weighted by atomic mass is 9.85. The first-order chi connectivity index (χ1) is 23.4. The van der Waals surface area contributed by atoms with E-state index in [9.17, 15) is 44.6 Å². The number of carbonyl (C=O) groups excluding carboxylic acids is 2. The van der Waals surface area contributed by atoms with Crippen molar-refractivity contribution in [1.82, 2.24) is 0 Å². The van der Waals surface area contributed by atoms with Gasteiger partial charge in [-0.15, -0.1) is 0 Å². The van der Waals surface area contributed by atoms with E-state index in [1.54, 1.807) is 0 Å². The molecule has 1 aliphatic rings. The second-order valence-electron chi connectivity index (χ2n) is 13.5. The van der Waals surface area contributed by atoms with Gasteiger partial charge in [0.15, 0.2) is 6.10 Å². The van der Waals surface area contributed by atoms with Crippen LogP contribution < -0.4 is 0 Å². The van der Waals surface area contributed by atoms with Gasteiger partial charge >= 0.3 is 19.8 Å². The molecule has 0 aromatic rings. The standard InChI is InChI=1S/C35H67O13P/c1-3-4-5-6-7-8-9-10-11-12-13-14-15-16-17-18-19-20-21-22-23-24-29(37)45-25-28(47-27(2)36)26-46-49(43,44)48-35-33(41)31(39)30(38)32(40)34(35)42/h28,30-35,38-42H,3-26H2,1-2H3,(H,43,44)/t28-,30?,31-,32?,33?,34?,35?/m1/s1. The van der Waals surface area contributed by atoms with Crippen LogP contribution in [0.5, 0.6) is 0 Å². The number of carbonyl (C=O) groups is 2. The predicted octanol–water partition coefficient (Wildman–Crippen LogP) is 5.38. The maximum absolute atomic E-state index is 12.4. The van der Waals surface area contributed by atoms with Crippen LogP contribution in [-0.2, 0) is 32.7 Å². The molecule has 0 bridgehead atoms.